The van der Waals surface area contributed by atoms with Crippen molar-refractivity contribution in [2.75, 3.05) is 32.0 Å². The van der Waals surface area contributed by atoms with Crippen molar-refractivity contribution in [3.8, 4) is 0 Å². The predicted octanol–water partition coefficient (Wildman–Crippen LogP) is 1.22. The number of likely N-dealkylation sites (tertiary alicyclic amines) is 1. The summed E-state index contributed by atoms with van der Waals surface area (Å²) in [6, 6.07) is 6.22. The summed E-state index contributed by atoms with van der Waals surface area (Å²) in [5.74, 6) is 0.306. The van der Waals surface area contributed by atoms with E-state index in [0.29, 0.717) is 0 Å². The van der Waals surface area contributed by atoms with E-state index < -0.39 is 0 Å². The van der Waals surface area contributed by atoms with E-state index in [0.717, 1.165) is 44.7 Å². The van der Waals surface area contributed by atoms with Gasteiger partial charge in [0.05, 0.1) is 5.92 Å². The molecule has 1 atom stereocenters. The highest BCUT2D eigenvalue weighted by Crippen LogP contribution is 2.24. The Labute approximate surface area is 114 Å². The van der Waals surface area contributed by atoms with Crippen LogP contribution >= 0.6 is 0 Å². The van der Waals surface area contributed by atoms with Gasteiger partial charge in [-0.25, -0.2) is 0 Å². The SMILES string of the molecule is CN1CCC(C(=O)Nc2cccc3c2CNCC3)C1. The van der Waals surface area contributed by atoms with Crippen molar-refractivity contribution >= 4 is 11.6 Å². The van der Waals surface area contributed by atoms with Gasteiger partial charge in [-0.15, -0.1) is 0 Å². The molecule has 2 N–H and O–H groups in total. The molecule has 2 aliphatic heterocycles. The lowest BCUT2D eigenvalue weighted by Crippen LogP contribution is -2.28. The fraction of sp³-hybridized carbons (Fsp3) is 0.533. The van der Waals surface area contributed by atoms with Crippen LogP contribution in [0, 0.1) is 5.92 Å². The van der Waals surface area contributed by atoms with Gasteiger partial charge in [-0.1, -0.05) is 12.1 Å². The summed E-state index contributed by atoms with van der Waals surface area (Å²) in [5, 5.41) is 6.50. The van der Waals surface area contributed by atoms with Gasteiger partial charge in [-0.3, -0.25) is 4.79 Å². The van der Waals surface area contributed by atoms with Gasteiger partial charge < -0.3 is 15.5 Å². The van der Waals surface area contributed by atoms with Crippen LogP contribution in [0.15, 0.2) is 18.2 Å². The van der Waals surface area contributed by atoms with Crippen molar-refractivity contribution in [2.24, 2.45) is 5.92 Å². The van der Waals surface area contributed by atoms with Gasteiger partial charge in [0.15, 0.2) is 0 Å². The molecule has 0 bridgehead atoms. The summed E-state index contributed by atoms with van der Waals surface area (Å²) in [4.78, 5) is 14.5. The van der Waals surface area contributed by atoms with Crippen LogP contribution < -0.4 is 10.6 Å². The number of nitrogens with one attached hydrogen (secondary N) is 2. The van der Waals surface area contributed by atoms with Crippen LogP contribution in [0.2, 0.25) is 0 Å². The number of hydrogen-bond acceptors (Lipinski definition) is 3. The first-order valence-corrected chi connectivity index (χ1v) is 7.05. The number of amides is 1. The Morgan fingerprint density at radius 1 is 1.47 bits per heavy atom. The third-order valence-corrected chi connectivity index (χ3v) is 4.17. The summed E-state index contributed by atoms with van der Waals surface area (Å²) >= 11 is 0. The zero-order valence-electron chi connectivity index (χ0n) is 11.4. The van der Waals surface area contributed by atoms with Crippen molar-refractivity contribution in [1.29, 1.82) is 0 Å². The largest absolute Gasteiger partial charge is 0.325 e. The van der Waals surface area contributed by atoms with Gasteiger partial charge in [0, 0.05) is 18.8 Å². The molecule has 0 spiro atoms. The van der Waals surface area contributed by atoms with Crippen LogP contribution in [0.3, 0.4) is 0 Å². The molecule has 19 heavy (non-hydrogen) atoms. The van der Waals surface area contributed by atoms with Gasteiger partial charge in [0.25, 0.3) is 0 Å². The molecule has 1 unspecified atom stereocenters. The van der Waals surface area contributed by atoms with E-state index in [9.17, 15) is 4.79 Å². The van der Waals surface area contributed by atoms with Crippen LogP contribution in [0.5, 0.6) is 0 Å². The summed E-state index contributed by atoms with van der Waals surface area (Å²) in [6.45, 7) is 3.78. The minimum absolute atomic E-state index is 0.136. The monoisotopic (exact) mass is 259 g/mol. The number of hydrogen-bond donors (Lipinski definition) is 2. The molecule has 3 rings (SSSR count). The molecule has 1 aromatic rings. The van der Waals surface area contributed by atoms with E-state index in [1.54, 1.807) is 0 Å². The Balaban J connectivity index is 1.74. The Hall–Kier alpha value is -1.39. The molecule has 0 radical (unpaired) electrons. The lowest BCUT2D eigenvalue weighted by Gasteiger charge is -2.21. The summed E-state index contributed by atoms with van der Waals surface area (Å²) in [5.41, 5.74) is 3.61. The molecular weight excluding hydrogens is 238 g/mol. The Bertz CT molecular complexity index is 486. The zero-order valence-corrected chi connectivity index (χ0v) is 11.4. The highest BCUT2D eigenvalue weighted by Gasteiger charge is 2.26. The highest BCUT2D eigenvalue weighted by atomic mass is 16.1. The second-order valence-corrected chi connectivity index (χ2v) is 5.61. The van der Waals surface area contributed by atoms with Crippen LogP contribution in [0.25, 0.3) is 0 Å². The van der Waals surface area contributed by atoms with Crippen molar-refractivity contribution in [3.05, 3.63) is 29.3 Å². The third kappa shape index (κ3) is 2.65. The number of nitrogens with zero attached hydrogens (tertiary/aromatic N) is 1. The first-order chi connectivity index (χ1) is 9.24. The highest BCUT2D eigenvalue weighted by molar-refractivity contribution is 5.93. The number of benzene rings is 1. The fourth-order valence-electron chi connectivity index (χ4n) is 3.02. The van der Waals surface area contributed by atoms with Crippen molar-refractivity contribution < 1.29 is 4.79 Å². The molecule has 1 amide bonds. The molecule has 2 aliphatic rings. The van der Waals surface area contributed by atoms with Gasteiger partial charge in [0.1, 0.15) is 0 Å². The number of anilines is 1. The topological polar surface area (TPSA) is 44.4 Å². The van der Waals surface area contributed by atoms with Crippen LogP contribution in [0.4, 0.5) is 5.69 Å². The number of fused-ring (bicyclic) bond motifs is 1. The van der Waals surface area contributed by atoms with Gasteiger partial charge in [-0.05, 0) is 50.2 Å². The minimum atomic E-state index is 0.136. The van der Waals surface area contributed by atoms with Crippen LogP contribution in [-0.2, 0) is 17.8 Å². The van der Waals surface area contributed by atoms with E-state index in [1.807, 2.05) is 12.1 Å². The summed E-state index contributed by atoms with van der Waals surface area (Å²) in [6.07, 6.45) is 2.01. The van der Waals surface area contributed by atoms with Crippen molar-refractivity contribution in [3.63, 3.8) is 0 Å². The fourth-order valence-corrected chi connectivity index (χ4v) is 3.02. The lowest BCUT2D eigenvalue weighted by molar-refractivity contribution is -0.119. The average Bonchev–Trinajstić information content (AvgIpc) is 2.86. The second kappa shape index (κ2) is 5.31. The normalized spacial score (nSPS) is 23.1. The average molecular weight is 259 g/mol. The van der Waals surface area contributed by atoms with E-state index in [1.165, 1.54) is 11.1 Å². The third-order valence-electron chi connectivity index (χ3n) is 4.17. The molecule has 4 heteroatoms. The number of carbonyl (C=O) groups is 1. The van der Waals surface area contributed by atoms with E-state index >= 15 is 0 Å². The second-order valence-electron chi connectivity index (χ2n) is 5.61. The summed E-state index contributed by atoms with van der Waals surface area (Å²) in [7, 11) is 2.07. The maximum atomic E-state index is 12.3. The Morgan fingerprint density at radius 2 is 2.37 bits per heavy atom. The first-order valence-electron chi connectivity index (χ1n) is 7.05. The molecule has 0 aromatic heterocycles. The molecule has 1 fully saturated rings. The van der Waals surface area contributed by atoms with Crippen LogP contribution in [0.1, 0.15) is 17.5 Å². The van der Waals surface area contributed by atoms with Crippen molar-refractivity contribution in [2.45, 2.75) is 19.4 Å². The molecule has 1 saturated heterocycles. The molecule has 4 nitrogen and oxygen atoms in total. The minimum Gasteiger partial charge on any atom is -0.325 e. The standard InChI is InChI=1S/C15H21N3O/c1-18-8-6-12(10-18)15(19)17-14-4-2-3-11-5-7-16-9-13(11)14/h2-4,12,16H,5-10H2,1H3,(H,17,19). The number of carbonyl (C=O) groups excluding carboxylic acids is 1. The number of rotatable bonds is 2. The first kappa shape index (κ1) is 12.6. The molecule has 0 saturated carbocycles. The Morgan fingerprint density at radius 3 is 3.16 bits per heavy atom. The lowest BCUT2D eigenvalue weighted by atomic mass is 9.99. The maximum Gasteiger partial charge on any atom is 0.228 e. The molecule has 1 aromatic carbocycles. The quantitative estimate of drug-likeness (QED) is 0.839. The molecule has 2 heterocycles. The zero-order chi connectivity index (χ0) is 13.2. The van der Waals surface area contributed by atoms with Crippen LogP contribution in [-0.4, -0.2) is 37.5 Å². The molecule has 102 valence electrons. The molecular formula is C15H21N3O. The van der Waals surface area contributed by atoms with E-state index in [4.69, 9.17) is 0 Å². The van der Waals surface area contributed by atoms with Gasteiger partial charge in [0.2, 0.25) is 5.91 Å². The Kier molecular flexibility index (Phi) is 3.53. The van der Waals surface area contributed by atoms with Gasteiger partial charge in [-0.2, -0.15) is 0 Å². The van der Waals surface area contributed by atoms with Gasteiger partial charge >= 0.3 is 0 Å². The maximum absolute atomic E-state index is 12.3. The molecule has 0 aliphatic carbocycles. The summed E-state index contributed by atoms with van der Waals surface area (Å²) < 4.78 is 0. The van der Waals surface area contributed by atoms with E-state index in [2.05, 4.69) is 28.6 Å². The van der Waals surface area contributed by atoms with E-state index in [-0.39, 0.29) is 11.8 Å². The van der Waals surface area contributed by atoms with Crippen molar-refractivity contribution in [1.82, 2.24) is 10.2 Å². The smallest absolute Gasteiger partial charge is 0.228 e. The predicted molar refractivity (Wildman–Crippen MR) is 76.1 cm³/mol.